The summed E-state index contributed by atoms with van der Waals surface area (Å²) in [6, 6.07) is 7.59. The molecule has 1 amide bonds. The van der Waals surface area contributed by atoms with Gasteiger partial charge in [0.05, 0.1) is 13.5 Å². The van der Waals surface area contributed by atoms with Gasteiger partial charge in [-0.1, -0.05) is 32.0 Å². The van der Waals surface area contributed by atoms with Crippen molar-refractivity contribution >= 4 is 17.5 Å². The van der Waals surface area contributed by atoms with Crippen molar-refractivity contribution in [2.75, 3.05) is 19.5 Å². The Morgan fingerprint density at radius 1 is 1.35 bits per heavy atom. The van der Waals surface area contributed by atoms with Gasteiger partial charge in [0.25, 0.3) is 0 Å². The van der Waals surface area contributed by atoms with E-state index in [1.807, 2.05) is 24.3 Å². The average Bonchev–Trinajstić information content (AvgIpc) is 2.44. The Labute approximate surface area is 126 Å². The zero-order valence-electron chi connectivity index (χ0n) is 12.5. The maximum Gasteiger partial charge on any atom is 0.224 e. The normalized spacial score (nSPS) is 11.2. The standard InChI is InChI=1S/C16H24ClNO2/c1-16(2,9-6-10-17)12-18-15(19)11-13-7-4-5-8-14(13)20-3/h4-5,7-8H,6,9-12H2,1-3H3,(H,18,19). The van der Waals surface area contributed by atoms with E-state index in [1.54, 1.807) is 7.11 Å². The van der Waals surface area contributed by atoms with Crippen molar-refractivity contribution in [2.24, 2.45) is 5.41 Å². The van der Waals surface area contributed by atoms with Crippen LogP contribution in [-0.2, 0) is 11.2 Å². The monoisotopic (exact) mass is 297 g/mol. The van der Waals surface area contributed by atoms with Gasteiger partial charge in [0.2, 0.25) is 5.91 Å². The summed E-state index contributed by atoms with van der Waals surface area (Å²) < 4.78 is 5.25. The summed E-state index contributed by atoms with van der Waals surface area (Å²) in [7, 11) is 1.62. The maximum absolute atomic E-state index is 12.0. The maximum atomic E-state index is 12.0. The highest BCUT2D eigenvalue weighted by Gasteiger charge is 2.18. The van der Waals surface area contributed by atoms with Crippen molar-refractivity contribution in [3.8, 4) is 5.75 Å². The van der Waals surface area contributed by atoms with Crippen LogP contribution in [-0.4, -0.2) is 25.4 Å². The van der Waals surface area contributed by atoms with E-state index >= 15 is 0 Å². The van der Waals surface area contributed by atoms with Crippen molar-refractivity contribution in [1.82, 2.24) is 5.32 Å². The van der Waals surface area contributed by atoms with Crippen molar-refractivity contribution in [2.45, 2.75) is 33.1 Å². The molecule has 0 saturated heterocycles. The lowest BCUT2D eigenvalue weighted by atomic mass is 9.88. The van der Waals surface area contributed by atoms with Crippen LogP contribution >= 0.6 is 11.6 Å². The first kappa shape index (κ1) is 16.8. The molecule has 0 atom stereocenters. The van der Waals surface area contributed by atoms with Crippen LogP contribution in [0, 0.1) is 5.41 Å². The van der Waals surface area contributed by atoms with Crippen LogP contribution in [0.3, 0.4) is 0 Å². The van der Waals surface area contributed by atoms with E-state index < -0.39 is 0 Å². The first-order valence-corrected chi connectivity index (χ1v) is 7.46. The second-order valence-corrected chi connectivity index (χ2v) is 6.10. The summed E-state index contributed by atoms with van der Waals surface area (Å²) in [6.45, 7) is 4.95. The molecule has 0 heterocycles. The Bertz CT molecular complexity index is 432. The molecule has 1 rings (SSSR count). The van der Waals surface area contributed by atoms with Gasteiger partial charge in [-0.3, -0.25) is 4.79 Å². The molecule has 0 fully saturated rings. The number of hydrogen-bond acceptors (Lipinski definition) is 2. The Kier molecular flexibility index (Phi) is 6.86. The highest BCUT2D eigenvalue weighted by atomic mass is 35.5. The lowest BCUT2D eigenvalue weighted by molar-refractivity contribution is -0.120. The number of rotatable bonds is 8. The number of para-hydroxylation sites is 1. The van der Waals surface area contributed by atoms with Crippen LogP contribution in [0.4, 0.5) is 0 Å². The molecule has 0 aromatic heterocycles. The van der Waals surface area contributed by atoms with Crippen LogP contribution in [0.5, 0.6) is 5.75 Å². The number of methoxy groups -OCH3 is 1. The van der Waals surface area contributed by atoms with Crippen molar-refractivity contribution in [3.05, 3.63) is 29.8 Å². The van der Waals surface area contributed by atoms with E-state index in [4.69, 9.17) is 16.3 Å². The number of hydrogen-bond donors (Lipinski definition) is 1. The molecule has 0 spiro atoms. The highest BCUT2D eigenvalue weighted by molar-refractivity contribution is 6.17. The summed E-state index contributed by atoms with van der Waals surface area (Å²) in [6.07, 6.45) is 2.32. The summed E-state index contributed by atoms with van der Waals surface area (Å²) in [5.41, 5.74) is 0.983. The molecule has 1 aromatic carbocycles. The molecule has 20 heavy (non-hydrogen) atoms. The third-order valence-electron chi connectivity index (χ3n) is 3.29. The molecule has 0 saturated carbocycles. The molecule has 0 aliphatic carbocycles. The summed E-state index contributed by atoms with van der Waals surface area (Å²) in [5, 5.41) is 2.99. The van der Waals surface area contributed by atoms with E-state index in [0.717, 1.165) is 24.2 Å². The number of ether oxygens (including phenoxy) is 1. The van der Waals surface area contributed by atoms with Gasteiger partial charge >= 0.3 is 0 Å². The average molecular weight is 298 g/mol. The molecule has 4 heteroatoms. The van der Waals surface area contributed by atoms with Crippen LogP contribution in [0.15, 0.2) is 24.3 Å². The van der Waals surface area contributed by atoms with Gasteiger partial charge in [0.15, 0.2) is 0 Å². The summed E-state index contributed by atoms with van der Waals surface area (Å²) in [5.74, 6) is 1.44. The Morgan fingerprint density at radius 3 is 2.70 bits per heavy atom. The Balaban J connectivity index is 2.47. The number of carbonyl (C=O) groups is 1. The Hall–Kier alpha value is -1.22. The molecule has 3 nitrogen and oxygen atoms in total. The molecule has 1 aromatic rings. The van der Waals surface area contributed by atoms with Crippen LogP contribution in [0.25, 0.3) is 0 Å². The third-order valence-corrected chi connectivity index (χ3v) is 3.56. The molecular weight excluding hydrogens is 274 g/mol. The van der Waals surface area contributed by atoms with Crippen LogP contribution in [0.2, 0.25) is 0 Å². The quantitative estimate of drug-likeness (QED) is 0.747. The van der Waals surface area contributed by atoms with Crippen molar-refractivity contribution in [3.63, 3.8) is 0 Å². The molecule has 0 aliphatic rings. The fraction of sp³-hybridized carbons (Fsp3) is 0.562. The van der Waals surface area contributed by atoms with Crippen molar-refractivity contribution < 1.29 is 9.53 Å². The van der Waals surface area contributed by atoms with E-state index in [9.17, 15) is 4.79 Å². The molecule has 1 N–H and O–H groups in total. The molecule has 0 unspecified atom stereocenters. The van der Waals surface area contributed by atoms with Gasteiger partial charge in [0, 0.05) is 18.0 Å². The minimum atomic E-state index is 0.0217. The lowest BCUT2D eigenvalue weighted by Gasteiger charge is -2.24. The lowest BCUT2D eigenvalue weighted by Crippen LogP contribution is -2.35. The predicted molar refractivity (Wildman–Crippen MR) is 83.4 cm³/mol. The second-order valence-electron chi connectivity index (χ2n) is 5.72. The summed E-state index contributed by atoms with van der Waals surface area (Å²) >= 11 is 5.71. The number of benzene rings is 1. The van der Waals surface area contributed by atoms with Gasteiger partial charge in [-0.2, -0.15) is 0 Å². The van der Waals surface area contributed by atoms with Crippen LogP contribution in [0.1, 0.15) is 32.3 Å². The minimum absolute atomic E-state index is 0.0217. The zero-order valence-corrected chi connectivity index (χ0v) is 13.3. The van der Waals surface area contributed by atoms with Crippen molar-refractivity contribution in [1.29, 1.82) is 0 Å². The fourth-order valence-corrected chi connectivity index (χ4v) is 2.19. The Morgan fingerprint density at radius 2 is 2.05 bits per heavy atom. The molecule has 0 bridgehead atoms. The second kappa shape index (κ2) is 8.15. The highest BCUT2D eigenvalue weighted by Crippen LogP contribution is 2.22. The first-order valence-electron chi connectivity index (χ1n) is 6.93. The van der Waals surface area contributed by atoms with E-state index in [-0.39, 0.29) is 11.3 Å². The van der Waals surface area contributed by atoms with Gasteiger partial charge in [-0.15, -0.1) is 11.6 Å². The smallest absolute Gasteiger partial charge is 0.224 e. The third kappa shape index (κ3) is 5.83. The molecule has 112 valence electrons. The zero-order chi connectivity index (χ0) is 15.0. The van der Waals surface area contributed by atoms with Gasteiger partial charge in [-0.25, -0.2) is 0 Å². The number of nitrogens with one attached hydrogen (secondary N) is 1. The summed E-state index contributed by atoms with van der Waals surface area (Å²) in [4.78, 5) is 12.0. The molecule has 0 aliphatic heterocycles. The van der Waals surface area contributed by atoms with Gasteiger partial charge in [-0.05, 0) is 24.3 Å². The van der Waals surface area contributed by atoms with Gasteiger partial charge in [0.1, 0.15) is 5.75 Å². The van der Waals surface area contributed by atoms with Gasteiger partial charge < -0.3 is 10.1 Å². The predicted octanol–water partition coefficient (Wildman–Crippen LogP) is 3.40. The number of halogens is 1. The minimum Gasteiger partial charge on any atom is -0.496 e. The molecule has 0 radical (unpaired) electrons. The van der Waals surface area contributed by atoms with E-state index in [2.05, 4.69) is 19.2 Å². The fourth-order valence-electron chi connectivity index (χ4n) is 2.06. The SMILES string of the molecule is COc1ccccc1CC(=O)NCC(C)(C)CCCCl. The first-order chi connectivity index (χ1) is 9.48. The number of alkyl halides is 1. The van der Waals surface area contributed by atoms with E-state index in [0.29, 0.717) is 18.8 Å². The topological polar surface area (TPSA) is 38.3 Å². The molecular formula is C16H24ClNO2. The van der Waals surface area contributed by atoms with E-state index in [1.165, 1.54) is 0 Å². The van der Waals surface area contributed by atoms with Crippen LogP contribution < -0.4 is 10.1 Å². The number of amides is 1. The largest absolute Gasteiger partial charge is 0.496 e. The number of carbonyl (C=O) groups excluding carboxylic acids is 1.